The van der Waals surface area contributed by atoms with Crippen molar-refractivity contribution >= 4 is 11.6 Å². The summed E-state index contributed by atoms with van der Waals surface area (Å²) in [5.74, 6) is 0.544. The number of hydrogen-bond donors (Lipinski definition) is 1. The highest BCUT2D eigenvalue weighted by Gasteiger charge is 2.57. The molecule has 3 heteroatoms. The van der Waals surface area contributed by atoms with E-state index < -0.39 is 0 Å². The van der Waals surface area contributed by atoms with Gasteiger partial charge in [0.1, 0.15) is 5.82 Å². The topological polar surface area (TPSA) is 26.0 Å². The molecule has 82 valence electrons. The van der Waals surface area contributed by atoms with Gasteiger partial charge in [-0.15, -0.1) is 0 Å². The number of benzene rings is 1. The van der Waals surface area contributed by atoms with E-state index in [2.05, 4.69) is 13.8 Å². The van der Waals surface area contributed by atoms with Crippen LogP contribution in [0.15, 0.2) is 18.2 Å². The molecule has 0 bridgehead atoms. The van der Waals surface area contributed by atoms with Crippen molar-refractivity contribution in [3.8, 4) is 0 Å². The Hall–Kier alpha value is -0.600. The molecule has 1 nitrogen and oxygen atoms in total. The molecule has 2 atom stereocenters. The van der Waals surface area contributed by atoms with Gasteiger partial charge in [0, 0.05) is 0 Å². The van der Waals surface area contributed by atoms with Gasteiger partial charge in [-0.2, -0.15) is 0 Å². The lowest BCUT2D eigenvalue weighted by molar-refractivity contribution is 0.558. The van der Waals surface area contributed by atoms with E-state index in [1.165, 1.54) is 6.07 Å². The number of rotatable bonds is 2. The first-order valence-electron chi connectivity index (χ1n) is 5.13. The smallest absolute Gasteiger partial charge is 0.141 e. The van der Waals surface area contributed by atoms with Crippen LogP contribution in [0.2, 0.25) is 5.02 Å². The SMILES string of the molecule is CC1(C)[C@H](CN)[C@H]1c1ccc(F)c(Cl)c1. The fourth-order valence-electron chi connectivity index (χ4n) is 2.55. The van der Waals surface area contributed by atoms with Gasteiger partial charge in [0.15, 0.2) is 0 Å². The van der Waals surface area contributed by atoms with Gasteiger partial charge in [0.05, 0.1) is 5.02 Å². The van der Waals surface area contributed by atoms with Crippen molar-refractivity contribution in [1.82, 2.24) is 0 Å². The van der Waals surface area contributed by atoms with Crippen LogP contribution in [0.25, 0.3) is 0 Å². The molecular weight excluding hydrogens is 213 g/mol. The molecule has 1 fully saturated rings. The Kier molecular flexibility index (Phi) is 2.52. The molecule has 1 aliphatic carbocycles. The van der Waals surface area contributed by atoms with Crippen LogP contribution in [0.3, 0.4) is 0 Å². The number of nitrogens with two attached hydrogens (primary N) is 1. The third kappa shape index (κ3) is 1.66. The molecular formula is C12H15ClFN. The van der Waals surface area contributed by atoms with Crippen molar-refractivity contribution in [3.05, 3.63) is 34.6 Å². The molecule has 2 rings (SSSR count). The van der Waals surface area contributed by atoms with Crippen LogP contribution in [0.4, 0.5) is 4.39 Å². The highest BCUT2D eigenvalue weighted by Crippen LogP contribution is 2.63. The summed E-state index contributed by atoms with van der Waals surface area (Å²) in [6, 6.07) is 4.96. The molecule has 0 unspecified atom stereocenters. The summed E-state index contributed by atoms with van der Waals surface area (Å²) in [6.07, 6.45) is 0. The summed E-state index contributed by atoms with van der Waals surface area (Å²) in [5, 5.41) is 0.200. The standard InChI is InChI=1S/C12H15ClFN/c1-12(2)8(6-15)11(12)7-3-4-10(14)9(13)5-7/h3-5,8,11H,6,15H2,1-2H3/t8-,11-/m1/s1. The molecule has 0 heterocycles. The molecule has 0 spiro atoms. The summed E-state index contributed by atoms with van der Waals surface area (Å²) in [6.45, 7) is 5.05. The van der Waals surface area contributed by atoms with E-state index in [1.807, 2.05) is 6.07 Å². The zero-order valence-electron chi connectivity index (χ0n) is 8.93. The summed E-state index contributed by atoms with van der Waals surface area (Å²) in [5.41, 5.74) is 7.02. The van der Waals surface area contributed by atoms with E-state index in [4.69, 9.17) is 17.3 Å². The monoisotopic (exact) mass is 227 g/mol. The number of halogens is 2. The van der Waals surface area contributed by atoms with Gasteiger partial charge in [0.2, 0.25) is 0 Å². The molecule has 0 aliphatic heterocycles. The maximum atomic E-state index is 13.0. The quantitative estimate of drug-likeness (QED) is 0.825. The molecule has 1 aromatic rings. The van der Waals surface area contributed by atoms with Crippen molar-refractivity contribution in [2.24, 2.45) is 17.1 Å². The van der Waals surface area contributed by atoms with Gasteiger partial charge in [-0.05, 0) is 41.5 Å². The first-order valence-corrected chi connectivity index (χ1v) is 5.51. The minimum Gasteiger partial charge on any atom is -0.330 e. The molecule has 0 saturated heterocycles. The molecule has 1 aromatic carbocycles. The van der Waals surface area contributed by atoms with E-state index in [1.54, 1.807) is 6.07 Å². The van der Waals surface area contributed by atoms with Crippen molar-refractivity contribution in [2.75, 3.05) is 6.54 Å². The molecule has 1 aliphatic rings. The number of hydrogen-bond acceptors (Lipinski definition) is 1. The third-order valence-electron chi connectivity index (χ3n) is 3.61. The van der Waals surface area contributed by atoms with Crippen molar-refractivity contribution in [1.29, 1.82) is 0 Å². The Labute approximate surface area is 94.4 Å². The van der Waals surface area contributed by atoms with E-state index in [0.717, 1.165) is 5.56 Å². The summed E-state index contributed by atoms with van der Waals surface area (Å²) < 4.78 is 13.0. The van der Waals surface area contributed by atoms with Gasteiger partial charge in [-0.3, -0.25) is 0 Å². The molecule has 2 N–H and O–H groups in total. The van der Waals surface area contributed by atoms with Crippen molar-refractivity contribution < 1.29 is 4.39 Å². The zero-order chi connectivity index (χ0) is 11.2. The minimum atomic E-state index is -0.358. The predicted molar refractivity (Wildman–Crippen MR) is 60.5 cm³/mol. The van der Waals surface area contributed by atoms with Crippen LogP contribution in [-0.4, -0.2) is 6.54 Å². The van der Waals surface area contributed by atoms with Crippen LogP contribution >= 0.6 is 11.6 Å². The van der Waals surface area contributed by atoms with Gasteiger partial charge in [-0.25, -0.2) is 4.39 Å². The van der Waals surface area contributed by atoms with Gasteiger partial charge in [-0.1, -0.05) is 31.5 Å². The average molecular weight is 228 g/mol. The maximum absolute atomic E-state index is 13.0. The first kappa shape index (κ1) is 10.9. The third-order valence-corrected chi connectivity index (χ3v) is 3.90. The molecule has 0 amide bonds. The van der Waals surface area contributed by atoms with E-state index in [-0.39, 0.29) is 16.3 Å². The Balaban J connectivity index is 2.29. The summed E-state index contributed by atoms with van der Waals surface area (Å²) >= 11 is 5.76. The Morgan fingerprint density at radius 1 is 1.47 bits per heavy atom. The minimum absolute atomic E-state index is 0.200. The van der Waals surface area contributed by atoms with E-state index in [0.29, 0.717) is 18.4 Å². The first-order chi connectivity index (χ1) is 6.98. The molecule has 1 saturated carbocycles. The molecule has 0 radical (unpaired) electrons. The Morgan fingerprint density at radius 2 is 2.13 bits per heavy atom. The van der Waals surface area contributed by atoms with Gasteiger partial charge < -0.3 is 5.73 Å². The molecule has 0 aromatic heterocycles. The second-order valence-corrected chi connectivity index (χ2v) is 5.22. The van der Waals surface area contributed by atoms with Crippen LogP contribution in [0, 0.1) is 17.2 Å². The lowest BCUT2D eigenvalue weighted by atomic mass is 10.0. The second-order valence-electron chi connectivity index (χ2n) is 4.81. The Bertz CT molecular complexity index is 389. The fourth-order valence-corrected chi connectivity index (χ4v) is 2.74. The highest BCUT2D eigenvalue weighted by atomic mass is 35.5. The largest absolute Gasteiger partial charge is 0.330 e. The lowest BCUT2D eigenvalue weighted by Crippen LogP contribution is -2.05. The Morgan fingerprint density at radius 3 is 2.60 bits per heavy atom. The van der Waals surface area contributed by atoms with Crippen molar-refractivity contribution in [3.63, 3.8) is 0 Å². The van der Waals surface area contributed by atoms with Gasteiger partial charge in [0.25, 0.3) is 0 Å². The zero-order valence-corrected chi connectivity index (χ0v) is 9.68. The van der Waals surface area contributed by atoms with Crippen LogP contribution in [0.1, 0.15) is 25.3 Å². The van der Waals surface area contributed by atoms with Crippen LogP contribution < -0.4 is 5.73 Å². The van der Waals surface area contributed by atoms with Crippen molar-refractivity contribution in [2.45, 2.75) is 19.8 Å². The maximum Gasteiger partial charge on any atom is 0.141 e. The predicted octanol–water partition coefficient (Wildman–Crippen LogP) is 3.18. The second kappa shape index (κ2) is 3.46. The van der Waals surface area contributed by atoms with Crippen LogP contribution in [0.5, 0.6) is 0 Å². The average Bonchev–Trinajstić information content (AvgIpc) is 2.73. The molecule has 15 heavy (non-hydrogen) atoms. The normalized spacial score (nSPS) is 27.8. The van der Waals surface area contributed by atoms with Gasteiger partial charge >= 0.3 is 0 Å². The summed E-state index contributed by atoms with van der Waals surface area (Å²) in [7, 11) is 0. The van der Waals surface area contributed by atoms with Crippen LogP contribution in [-0.2, 0) is 0 Å². The van der Waals surface area contributed by atoms with E-state index in [9.17, 15) is 4.39 Å². The highest BCUT2D eigenvalue weighted by molar-refractivity contribution is 6.30. The van der Waals surface area contributed by atoms with E-state index >= 15 is 0 Å². The fraction of sp³-hybridized carbons (Fsp3) is 0.500. The summed E-state index contributed by atoms with van der Waals surface area (Å²) in [4.78, 5) is 0. The lowest BCUT2D eigenvalue weighted by Gasteiger charge is -2.04.